The van der Waals surface area contributed by atoms with Crippen LogP contribution in [0.1, 0.15) is 16.5 Å². The van der Waals surface area contributed by atoms with Crippen molar-refractivity contribution in [1.82, 2.24) is 10.2 Å². The summed E-state index contributed by atoms with van der Waals surface area (Å²) in [5.74, 6) is 0.524. The zero-order valence-corrected chi connectivity index (χ0v) is 15.3. The smallest absolute Gasteiger partial charge is 0.124 e. The van der Waals surface area contributed by atoms with E-state index in [0.29, 0.717) is 0 Å². The van der Waals surface area contributed by atoms with E-state index in [1.165, 1.54) is 10.9 Å². The summed E-state index contributed by atoms with van der Waals surface area (Å²) in [5, 5.41) is 5.43. The lowest BCUT2D eigenvalue weighted by molar-refractivity contribution is 0.197. The fourth-order valence-corrected chi connectivity index (χ4v) is 3.71. The van der Waals surface area contributed by atoms with Crippen LogP contribution in [0, 0.1) is 5.82 Å². The maximum atomic E-state index is 13.8. The topological polar surface area (TPSA) is 24.5 Å². The molecule has 1 aromatic carbocycles. The van der Waals surface area contributed by atoms with Gasteiger partial charge in [-0.3, -0.25) is 4.90 Å². The van der Waals surface area contributed by atoms with Crippen LogP contribution in [0.5, 0.6) is 5.75 Å². The van der Waals surface area contributed by atoms with Crippen molar-refractivity contribution in [1.29, 1.82) is 0 Å². The van der Waals surface area contributed by atoms with Crippen LogP contribution < -0.4 is 10.1 Å². The molecule has 3 rings (SSSR count). The van der Waals surface area contributed by atoms with Gasteiger partial charge in [-0.1, -0.05) is 6.07 Å². The van der Waals surface area contributed by atoms with Crippen molar-refractivity contribution in [3.05, 3.63) is 52.0 Å². The summed E-state index contributed by atoms with van der Waals surface area (Å²) in [7, 11) is 1.64. The average molecular weight is 379 g/mol. The third kappa shape index (κ3) is 4.58. The van der Waals surface area contributed by atoms with Crippen molar-refractivity contribution in [2.75, 3.05) is 33.3 Å². The van der Waals surface area contributed by atoms with Gasteiger partial charge in [-0.25, -0.2) is 4.39 Å². The Balaban J connectivity index is 0.00000132. The van der Waals surface area contributed by atoms with Crippen LogP contribution in [0.15, 0.2) is 35.7 Å². The van der Waals surface area contributed by atoms with Gasteiger partial charge in [0.2, 0.25) is 0 Å². The Bertz CT molecular complexity index is 592. The quantitative estimate of drug-likeness (QED) is 0.876. The fraction of sp³-hybridized carbons (Fsp3) is 0.375. The Labute approximate surface area is 152 Å². The molecule has 0 bridgehead atoms. The molecule has 1 aliphatic rings. The Kier molecular flexibility index (Phi) is 8.29. The first-order chi connectivity index (χ1) is 10.3. The number of piperazine rings is 1. The molecule has 0 unspecified atom stereocenters. The number of hydrogen-bond donors (Lipinski definition) is 1. The van der Waals surface area contributed by atoms with E-state index >= 15 is 0 Å². The molecule has 1 fully saturated rings. The molecule has 0 amide bonds. The van der Waals surface area contributed by atoms with Crippen molar-refractivity contribution >= 4 is 36.2 Å². The van der Waals surface area contributed by atoms with Crippen LogP contribution in [0.2, 0.25) is 0 Å². The molecule has 0 aliphatic carbocycles. The van der Waals surface area contributed by atoms with Crippen LogP contribution in [0.4, 0.5) is 4.39 Å². The first kappa shape index (κ1) is 20.2. The summed E-state index contributed by atoms with van der Waals surface area (Å²) in [4.78, 5) is 3.61. The Morgan fingerprint density at radius 1 is 1.22 bits per heavy atom. The number of ether oxygens (including phenoxy) is 1. The monoisotopic (exact) mass is 378 g/mol. The lowest BCUT2D eigenvalue weighted by Gasteiger charge is -2.35. The predicted molar refractivity (Wildman–Crippen MR) is 98.1 cm³/mol. The van der Waals surface area contributed by atoms with Gasteiger partial charge in [-0.2, -0.15) is 0 Å². The minimum atomic E-state index is -0.220. The number of nitrogens with zero attached hydrogens (tertiary/aromatic N) is 1. The minimum absolute atomic E-state index is 0. The maximum absolute atomic E-state index is 13.8. The molecule has 1 aromatic heterocycles. The van der Waals surface area contributed by atoms with Crippen LogP contribution in [-0.4, -0.2) is 38.2 Å². The van der Waals surface area contributed by atoms with Crippen molar-refractivity contribution in [3.63, 3.8) is 0 Å². The van der Waals surface area contributed by atoms with E-state index in [1.807, 2.05) is 6.07 Å². The van der Waals surface area contributed by atoms with Crippen LogP contribution in [-0.2, 0) is 0 Å². The van der Waals surface area contributed by atoms with Crippen LogP contribution >= 0.6 is 36.2 Å². The third-order valence-electron chi connectivity index (χ3n) is 3.82. The van der Waals surface area contributed by atoms with Crippen molar-refractivity contribution in [2.24, 2.45) is 0 Å². The zero-order chi connectivity index (χ0) is 14.7. The molecule has 128 valence electrons. The van der Waals surface area contributed by atoms with Gasteiger partial charge in [-0.15, -0.1) is 36.2 Å². The second-order valence-corrected chi connectivity index (χ2v) is 6.07. The molecule has 1 saturated heterocycles. The zero-order valence-electron chi connectivity index (χ0n) is 12.8. The highest BCUT2D eigenvalue weighted by Gasteiger charge is 2.27. The lowest BCUT2D eigenvalue weighted by Crippen LogP contribution is -2.45. The maximum Gasteiger partial charge on any atom is 0.124 e. The number of thiophene rings is 1. The molecule has 2 heterocycles. The van der Waals surface area contributed by atoms with E-state index in [-0.39, 0.29) is 36.7 Å². The fourth-order valence-electron chi connectivity index (χ4n) is 2.84. The van der Waals surface area contributed by atoms with Gasteiger partial charge in [-0.05, 0) is 29.6 Å². The van der Waals surface area contributed by atoms with Gasteiger partial charge in [0.05, 0.1) is 13.2 Å². The van der Waals surface area contributed by atoms with Crippen molar-refractivity contribution in [3.8, 4) is 5.75 Å². The molecule has 1 atom stereocenters. The molecule has 0 spiro atoms. The summed E-state index contributed by atoms with van der Waals surface area (Å²) in [5.41, 5.74) is 0.904. The van der Waals surface area contributed by atoms with Gasteiger partial charge in [0.25, 0.3) is 0 Å². The molecule has 7 heteroatoms. The van der Waals surface area contributed by atoms with Gasteiger partial charge in [0, 0.05) is 36.6 Å². The highest BCUT2D eigenvalue weighted by atomic mass is 35.5. The lowest BCUT2D eigenvalue weighted by atomic mass is 10.0. The standard InChI is InChI=1S/C16H19FN2OS.2ClH/c1-20-14-5-4-12(17)11-13(14)16(15-3-2-10-21-15)19-8-6-18-7-9-19;;/h2-5,10-11,16,18H,6-9H2,1H3;2*1H/t16-;;/m1../s1. The molecular weight excluding hydrogens is 358 g/mol. The molecule has 23 heavy (non-hydrogen) atoms. The van der Waals surface area contributed by atoms with E-state index in [2.05, 4.69) is 21.7 Å². The van der Waals surface area contributed by atoms with E-state index in [4.69, 9.17) is 4.74 Å². The van der Waals surface area contributed by atoms with E-state index in [0.717, 1.165) is 37.5 Å². The highest BCUT2D eigenvalue weighted by molar-refractivity contribution is 7.10. The number of rotatable bonds is 4. The molecule has 0 radical (unpaired) electrons. The van der Waals surface area contributed by atoms with E-state index in [1.54, 1.807) is 30.6 Å². The SMILES string of the molecule is COc1ccc(F)cc1[C@H](c1cccs1)N1CCNCC1.Cl.Cl. The molecule has 2 aromatic rings. The normalized spacial score (nSPS) is 16.1. The van der Waals surface area contributed by atoms with E-state index < -0.39 is 0 Å². The molecular formula is C16H21Cl2FN2OS. The van der Waals surface area contributed by atoms with Crippen LogP contribution in [0.3, 0.4) is 0 Å². The number of halogens is 3. The van der Waals surface area contributed by atoms with Gasteiger partial charge >= 0.3 is 0 Å². The number of hydrogen-bond acceptors (Lipinski definition) is 4. The highest BCUT2D eigenvalue weighted by Crippen LogP contribution is 2.37. The van der Waals surface area contributed by atoms with Crippen molar-refractivity contribution in [2.45, 2.75) is 6.04 Å². The summed E-state index contributed by atoms with van der Waals surface area (Å²) in [6, 6.07) is 8.98. The summed E-state index contributed by atoms with van der Waals surface area (Å²) < 4.78 is 19.2. The Morgan fingerprint density at radius 2 is 1.96 bits per heavy atom. The van der Waals surface area contributed by atoms with Gasteiger partial charge < -0.3 is 10.1 Å². The largest absolute Gasteiger partial charge is 0.496 e. The summed E-state index contributed by atoms with van der Waals surface area (Å²) >= 11 is 1.70. The molecule has 1 N–H and O–H groups in total. The average Bonchev–Trinajstić information content (AvgIpc) is 3.03. The van der Waals surface area contributed by atoms with Gasteiger partial charge in [0.15, 0.2) is 0 Å². The Hall–Kier alpha value is -0.850. The number of methoxy groups -OCH3 is 1. The molecule has 3 nitrogen and oxygen atoms in total. The third-order valence-corrected chi connectivity index (χ3v) is 4.74. The predicted octanol–water partition coefficient (Wildman–Crippen LogP) is 3.73. The Morgan fingerprint density at radius 3 is 2.57 bits per heavy atom. The van der Waals surface area contributed by atoms with E-state index in [9.17, 15) is 4.39 Å². The summed E-state index contributed by atoms with van der Waals surface area (Å²) in [6.45, 7) is 3.81. The second kappa shape index (κ2) is 9.45. The molecule has 0 saturated carbocycles. The first-order valence-electron chi connectivity index (χ1n) is 7.11. The minimum Gasteiger partial charge on any atom is -0.496 e. The second-order valence-electron chi connectivity index (χ2n) is 5.09. The summed E-state index contributed by atoms with van der Waals surface area (Å²) in [6.07, 6.45) is 0. The van der Waals surface area contributed by atoms with Crippen LogP contribution in [0.25, 0.3) is 0 Å². The number of benzene rings is 1. The van der Waals surface area contributed by atoms with Gasteiger partial charge in [0.1, 0.15) is 11.6 Å². The first-order valence-corrected chi connectivity index (χ1v) is 7.99. The number of nitrogens with one attached hydrogen (secondary N) is 1. The molecule has 1 aliphatic heterocycles. The van der Waals surface area contributed by atoms with Crippen molar-refractivity contribution < 1.29 is 9.13 Å².